The number of hydrogen-bond acceptors (Lipinski definition) is 3. The van der Waals surface area contributed by atoms with Crippen molar-refractivity contribution in [3.05, 3.63) is 18.0 Å². The predicted octanol–water partition coefficient (Wildman–Crippen LogP) is 2.41. The normalized spacial score (nSPS) is 31.6. The van der Waals surface area contributed by atoms with Gasteiger partial charge in [0.25, 0.3) is 0 Å². The molecule has 4 heteroatoms. The molecule has 2 aliphatic rings. The summed E-state index contributed by atoms with van der Waals surface area (Å²) in [7, 11) is 2.00. The fourth-order valence-electron chi connectivity index (χ4n) is 3.82. The van der Waals surface area contributed by atoms with Crippen molar-refractivity contribution in [2.75, 3.05) is 13.1 Å². The summed E-state index contributed by atoms with van der Waals surface area (Å²) in [5, 5.41) is 8.45. The topological polar surface area (TPSA) is 33.1 Å². The highest BCUT2D eigenvalue weighted by molar-refractivity contribution is 5.08. The van der Waals surface area contributed by atoms with Crippen LogP contribution in [0.2, 0.25) is 0 Å². The Bertz CT molecular complexity index is 497. The lowest BCUT2D eigenvalue weighted by molar-refractivity contribution is 0.0136. The second-order valence-electron chi connectivity index (χ2n) is 8.34. The molecule has 3 rings (SSSR count). The van der Waals surface area contributed by atoms with Gasteiger partial charge in [-0.05, 0) is 37.2 Å². The minimum atomic E-state index is 0.284. The van der Waals surface area contributed by atoms with Crippen molar-refractivity contribution >= 4 is 0 Å². The molecule has 1 aromatic rings. The summed E-state index contributed by atoms with van der Waals surface area (Å²) < 4.78 is 1.91. The van der Waals surface area contributed by atoms with E-state index in [0.717, 1.165) is 25.6 Å². The molecule has 0 bridgehead atoms. The van der Waals surface area contributed by atoms with Crippen LogP contribution in [-0.2, 0) is 13.6 Å². The number of aryl methyl sites for hydroxylation is 1. The van der Waals surface area contributed by atoms with Crippen molar-refractivity contribution in [3.8, 4) is 0 Å². The van der Waals surface area contributed by atoms with Crippen molar-refractivity contribution in [1.29, 1.82) is 0 Å². The summed E-state index contributed by atoms with van der Waals surface area (Å²) >= 11 is 0. The number of rotatable bonds is 3. The Labute approximate surface area is 128 Å². The Morgan fingerprint density at radius 1 is 1.38 bits per heavy atom. The summed E-state index contributed by atoms with van der Waals surface area (Å²) in [4.78, 5) is 2.66. The molecule has 1 saturated carbocycles. The number of piperazine rings is 1. The average Bonchev–Trinajstić information content (AvgIpc) is 3.14. The van der Waals surface area contributed by atoms with Gasteiger partial charge in [0.05, 0.1) is 5.69 Å². The molecule has 118 valence electrons. The van der Waals surface area contributed by atoms with Crippen LogP contribution in [-0.4, -0.2) is 39.4 Å². The van der Waals surface area contributed by atoms with Gasteiger partial charge in [0.15, 0.2) is 0 Å². The summed E-state index contributed by atoms with van der Waals surface area (Å²) in [5.41, 5.74) is 1.76. The molecule has 21 heavy (non-hydrogen) atoms. The van der Waals surface area contributed by atoms with Gasteiger partial charge in [-0.1, -0.05) is 20.8 Å². The maximum absolute atomic E-state index is 4.58. The van der Waals surface area contributed by atoms with Crippen molar-refractivity contribution in [1.82, 2.24) is 20.0 Å². The van der Waals surface area contributed by atoms with Gasteiger partial charge in [-0.15, -0.1) is 0 Å². The van der Waals surface area contributed by atoms with Gasteiger partial charge in [0, 0.05) is 44.5 Å². The molecule has 0 spiro atoms. The Balaban J connectivity index is 1.79. The highest BCUT2D eigenvalue weighted by Gasteiger charge is 2.47. The summed E-state index contributed by atoms with van der Waals surface area (Å²) in [6, 6.07) is 2.71. The van der Waals surface area contributed by atoms with Crippen LogP contribution in [0, 0.1) is 11.3 Å². The first-order valence-corrected chi connectivity index (χ1v) is 8.25. The van der Waals surface area contributed by atoms with E-state index < -0.39 is 0 Å². The summed E-state index contributed by atoms with van der Waals surface area (Å²) in [5.74, 6) is 0.865. The van der Waals surface area contributed by atoms with Crippen molar-refractivity contribution in [2.24, 2.45) is 18.4 Å². The zero-order valence-corrected chi connectivity index (χ0v) is 14.2. The molecular weight excluding hydrogens is 260 g/mol. The van der Waals surface area contributed by atoms with Gasteiger partial charge in [0.2, 0.25) is 0 Å². The highest BCUT2D eigenvalue weighted by Crippen LogP contribution is 2.43. The fraction of sp³-hybridized carbons (Fsp3) is 0.824. The molecule has 2 unspecified atom stereocenters. The van der Waals surface area contributed by atoms with Gasteiger partial charge < -0.3 is 5.32 Å². The third-order valence-electron chi connectivity index (χ3n) is 5.28. The maximum atomic E-state index is 4.58. The molecule has 0 amide bonds. The van der Waals surface area contributed by atoms with Crippen LogP contribution in [0.3, 0.4) is 0 Å². The Morgan fingerprint density at radius 3 is 2.62 bits per heavy atom. The van der Waals surface area contributed by atoms with E-state index in [0.29, 0.717) is 6.04 Å². The fourth-order valence-corrected chi connectivity index (χ4v) is 3.82. The van der Waals surface area contributed by atoms with E-state index in [1.54, 1.807) is 0 Å². The predicted molar refractivity (Wildman–Crippen MR) is 86.0 cm³/mol. The van der Waals surface area contributed by atoms with Gasteiger partial charge in [-0.25, -0.2) is 0 Å². The quantitative estimate of drug-likeness (QED) is 0.928. The second-order valence-corrected chi connectivity index (χ2v) is 8.34. The van der Waals surface area contributed by atoms with Crippen molar-refractivity contribution in [2.45, 2.75) is 58.7 Å². The van der Waals surface area contributed by atoms with Crippen LogP contribution < -0.4 is 5.32 Å². The van der Waals surface area contributed by atoms with Crippen LogP contribution in [0.15, 0.2) is 12.3 Å². The molecule has 1 saturated heterocycles. The Morgan fingerprint density at radius 2 is 2.10 bits per heavy atom. The zero-order valence-electron chi connectivity index (χ0n) is 14.2. The molecule has 2 fully saturated rings. The first-order valence-electron chi connectivity index (χ1n) is 8.25. The summed E-state index contributed by atoms with van der Waals surface area (Å²) in [6.07, 6.45) is 4.83. The Hall–Kier alpha value is -0.870. The monoisotopic (exact) mass is 290 g/mol. The van der Waals surface area contributed by atoms with Crippen LogP contribution in [0.4, 0.5) is 0 Å². The standard InChI is InChI=1S/C17H30N4/c1-16(2,3)15-10-18-17(4,13-6-7-13)12-21(15)11-14-8-9-20(5)19-14/h8-9,13,15,18H,6-7,10-12H2,1-5H3. The van der Waals surface area contributed by atoms with E-state index in [1.807, 2.05) is 17.9 Å². The third kappa shape index (κ3) is 3.16. The van der Waals surface area contributed by atoms with Crippen molar-refractivity contribution < 1.29 is 0 Å². The first kappa shape index (κ1) is 15.0. The molecule has 2 atom stereocenters. The largest absolute Gasteiger partial charge is 0.308 e. The smallest absolute Gasteiger partial charge is 0.0764 e. The molecule has 1 aliphatic heterocycles. The number of aromatic nitrogens is 2. The van der Waals surface area contributed by atoms with Crippen LogP contribution in [0.25, 0.3) is 0 Å². The molecule has 4 nitrogen and oxygen atoms in total. The lowest BCUT2D eigenvalue weighted by Gasteiger charge is -2.50. The van der Waals surface area contributed by atoms with E-state index in [4.69, 9.17) is 0 Å². The lowest BCUT2D eigenvalue weighted by Crippen LogP contribution is -2.66. The van der Waals surface area contributed by atoms with Crippen molar-refractivity contribution in [3.63, 3.8) is 0 Å². The number of nitrogens with zero attached hydrogens (tertiary/aromatic N) is 3. The molecule has 2 heterocycles. The van der Waals surface area contributed by atoms with E-state index in [9.17, 15) is 0 Å². The SMILES string of the molecule is Cn1ccc(CN2CC(C)(C3CC3)NCC2C(C)(C)C)n1. The molecule has 0 aromatic carbocycles. The van der Waals surface area contributed by atoms with Gasteiger partial charge >= 0.3 is 0 Å². The van der Waals surface area contributed by atoms with Gasteiger partial charge in [0.1, 0.15) is 0 Å². The lowest BCUT2D eigenvalue weighted by atomic mass is 9.80. The van der Waals surface area contributed by atoms with E-state index in [-0.39, 0.29) is 11.0 Å². The molecule has 1 aromatic heterocycles. The van der Waals surface area contributed by atoms with E-state index >= 15 is 0 Å². The first-order chi connectivity index (χ1) is 9.78. The zero-order chi connectivity index (χ0) is 15.3. The van der Waals surface area contributed by atoms with Crippen LogP contribution >= 0.6 is 0 Å². The van der Waals surface area contributed by atoms with E-state index in [2.05, 4.69) is 49.1 Å². The average molecular weight is 290 g/mol. The van der Waals surface area contributed by atoms with E-state index in [1.165, 1.54) is 18.5 Å². The second kappa shape index (κ2) is 5.10. The molecular formula is C17H30N4. The molecule has 1 N–H and O–H groups in total. The number of hydrogen-bond donors (Lipinski definition) is 1. The minimum absolute atomic E-state index is 0.284. The summed E-state index contributed by atoms with van der Waals surface area (Å²) in [6.45, 7) is 12.7. The maximum Gasteiger partial charge on any atom is 0.0764 e. The third-order valence-corrected chi connectivity index (χ3v) is 5.28. The molecule has 1 aliphatic carbocycles. The number of nitrogens with one attached hydrogen (secondary N) is 1. The highest BCUT2D eigenvalue weighted by atomic mass is 15.3. The minimum Gasteiger partial charge on any atom is -0.308 e. The van der Waals surface area contributed by atoms with Gasteiger partial charge in [-0.2, -0.15) is 5.10 Å². The molecule has 0 radical (unpaired) electrons. The Kier molecular flexibility index (Phi) is 3.65. The van der Waals surface area contributed by atoms with Gasteiger partial charge in [-0.3, -0.25) is 9.58 Å². The van der Waals surface area contributed by atoms with Crippen LogP contribution in [0.5, 0.6) is 0 Å². The van der Waals surface area contributed by atoms with Crippen LogP contribution in [0.1, 0.15) is 46.2 Å².